The first-order valence-electron chi connectivity index (χ1n) is 9.12. The number of amides is 2. The van der Waals surface area contributed by atoms with Crippen molar-refractivity contribution in [3.05, 3.63) is 77.3 Å². The zero-order valence-corrected chi connectivity index (χ0v) is 16.3. The highest BCUT2D eigenvalue weighted by molar-refractivity contribution is 5.92. The van der Waals surface area contributed by atoms with Crippen molar-refractivity contribution in [3.8, 4) is 5.75 Å². The summed E-state index contributed by atoms with van der Waals surface area (Å²) in [5, 5.41) is 5.55. The van der Waals surface area contributed by atoms with Crippen LogP contribution in [0.5, 0.6) is 5.75 Å². The Bertz CT molecular complexity index is 985. The molecule has 3 aromatic rings. The van der Waals surface area contributed by atoms with Gasteiger partial charge >= 0.3 is 0 Å². The number of aromatic nitrogens is 2. The molecule has 0 unspecified atom stereocenters. The Kier molecular flexibility index (Phi) is 6.57. The number of para-hydroxylation sites is 1. The van der Waals surface area contributed by atoms with Crippen LogP contribution in [0.1, 0.15) is 33.4 Å². The molecule has 8 heteroatoms. The SMILES string of the molecule is Cc1nc(C)c(C(=O)NCc2ccnc(CNC(=O)COc3ccccc3)c2)o1. The van der Waals surface area contributed by atoms with E-state index in [0.717, 1.165) is 5.56 Å². The number of rotatable bonds is 8. The molecule has 0 spiro atoms. The monoisotopic (exact) mass is 394 g/mol. The first-order chi connectivity index (χ1) is 14.0. The van der Waals surface area contributed by atoms with Gasteiger partial charge in [0.1, 0.15) is 5.75 Å². The number of aryl methyl sites for hydroxylation is 2. The van der Waals surface area contributed by atoms with Crippen LogP contribution in [0, 0.1) is 13.8 Å². The maximum absolute atomic E-state index is 12.2. The number of carbonyl (C=O) groups excluding carboxylic acids is 2. The molecule has 8 nitrogen and oxygen atoms in total. The van der Waals surface area contributed by atoms with Crippen LogP contribution in [-0.4, -0.2) is 28.4 Å². The predicted molar refractivity (Wildman–Crippen MR) is 105 cm³/mol. The van der Waals surface area contributed by atoms with Crippen LogP contribution in [0.2, 0.25) is 0 Å². The number of nitrogens with zero attached hydrogens (tertiary/aromatic N) is 2. The van der Waals surface area contributed by atoms with Gasteiger partial charge in [-0.05, 0) is 36.8 Å². The van der Waals surface area contributed by atoms with Gasteiger partial charge in [0.25, 0.3) is 11.8 Å². The summed E-state index contributed by atoms with van der Waals surface area (Å²) in [4.78, 5) is 32.5. The summed E-state index contributed by atoms with van der Waals surface area (Å²) in [5.41, 5.74) is 2.08. The second kappa shape index (κ2) is 9.50. The summed E-state index contributed by atoms with van der Waals surface area (Å²) >= 11 is 0. The van der Waals surface area contributed by atoms with Gasteiger partial charge in [-0.1, -0.05) is 18.2 Å². The molecule has 0 aliphatic rings. The molecule has 0 aliphatic carbocycles. The normalized spacial score (nSPS) is 10.4. The molecule has 1 aromatic carbocycles. The number of ether oxygens (including phenoxy) is 1. The molecule has 0 fully saturated rings. The molecule has 3 rings (SSSR count). The molecule has 0 saturated carbocycles. The Morgan fingerprint density at radius 1 is 1.07 bits per heavy atom. The third-order valence-corrected chi connectivity index (χ3v) is 4.02. The zero-order chi connectivity index (χ0) is 20.6. The summed E-state index contributed by atoms with van der Waals surface area (Å²) in [6, 6.07) is 12.7. The van der Waals surface area contributed by atoms with E-state index < -0.39 is 0 Å². The van der Waals surface area contributed by atoms with Crippen molar-refractivity contribution in [3.63, 3.8) is 0 Å². The molecular weight excluding hydrogens is 372 g/mol. The first-order valence-corrected chi connectivity index (χ1v) is 9.12. The molecule has 150 valence electrons. The van der Waals surface area contributed by atoms with Crippen molar-refractivity contribution in [2.45, 2.75) is 26.9 Å². The predicted octanol–water partition coefficient (Wildman–Crippen LogP) is 2.31. The number of hydrogen-bond acceptors (Lipinski definition) is 6. The van der Waals surface area contributed by atoms with Crippen molar-refractivity contribution in [2.24, 2.45) is 0 Å². The number of pyridine rings is 1. The van der Waals surface area contributed by atoms with Gasteiger partial charge in [0, 0.05) is 19.7 Å². The van der Waals surface area contributed by atoms with Crippen molar-refractivity contribution < 1.29 is 18.7 Å². The molecule has 29 heavy (non-hydrogen) atoms. The van der Waals surface area contributed by atoms with E-state index in [2.05, 4.69) is 20.6 Å². The molecule has 2 heterocycles. The summed E-state index contributed by atoms with van der Waals surface area (Å²) in [6.07, 6.45) is 1.63. The largest absolute Gasteiger partial charge is 0.484 e. The molecule has 2 N–H and O–H groups in total. The van der Waals surface area contributed by atoms with Crippen molar-refractivity contribution >= 4 is 11.8 Å². The molecular formula is C21H22N4O4. The number of oxazole rings is 1. The van der Waals surface area contributed by atoms with Crippen LogP contribution in [0.15, 0.2) is 53.1 Å². The standard InChI is InChI=1S/C21H22N4O4/c1-14-20(29-15(2)25-14)21(27)24-11-16-8-9-22-17(10-16)12-23-19(26)13-28-18-6-4-3-5-7-18/h3-10H,11-13H2,1-2H3,(H,23,26)(H,24,27). The quantitative estimate of drug-likeness (QED) is 0.607. The molecule has 0 bridgehead atoms. The van der Waals surface area contributed by atoms with Crippen LogP contribution in [-0.2, 0) is 17.9 Å². The second-order valence-corrected chi connectivity index (χ2v) is 6.36. The lowest BCUT2D eigenvalue weighted by molar-refractivity contribution is -0.123. The zero-order valence-electron chi connectivity index (χ0n) is 16.3. The van der Waals surface area contributed by atoms with E-state index in [1.165, 1.54) is 0 Å². The molecule has 2 aromatic heterocycles. The van der Waals surface area contributed by atoms with E-state index in [1.807, 2.05) is 24.3 Å². The van der Waals surface area contributed by atoms with Gasteiger partial charge in [-0.3, -0.25) is 14.6 Å². The average Bonchev–Trinajstić information content (AvgIpc) is 3.08. The van der Waals surface area contributed by atoms with E-state index >= 15 is 0 Å². The molecule has 0 saturated heterocycles. The maximum Gasteiger partial charge on any atom is 0.289 e. The highest BCUT2D eigenvalue weighted by atomic mass is 16.5. The summed E-state index contributed by atoms with van der Waals surface area (Å²) in [6.45, 7) is 3.91. The van der Waals surface area contributed by atoms with E-state index in [4.69, 9.17) is 9.15 Å². The lowest BCUT2D eigenvalue weighted by Crippen LogP contribution is -2.29. The topological polar surface area (TPSA) is 106 Å². The molecule has 0 radical (unpaired) electrons. The van der Waals surface area contributed by atoms with E-state index in [1.54, 1.807) is 38.2 Å². The van der Waals surface area contributed by atoms with Crippen LogP contribution >= 0.6 is 0 Å². The fraction of sp³-hybridized carbons (Fsp3) is 0.238. The van der Waals surface area contributed by atoms with E-state index in [9.17, 15) is 9.59 Å². The Morgan fingerprint density at radius 2 is 1.86 bits per heavy atom. The highest BCUT2D eigenvalue weighted by Crippen LogP contribution is 2.10. The highest BCUT2D eigenvalue weighted by Gasteiger charge is 2.15. The maximum atomic E-state index is 12.2. The lowest BCUT2D eigenvalue weighted by atomic mass is 10.2. The Balaban J connectivity index is 1.47. The smallest absolute Gasteiger partial charge is 0.289 e. The minimum absolute atomic E-state index is 0.0737. The van der Waals surface area contributed by atoms with Crippen LogP contribution < -0.4 is 15.4 Å². The third-order valence-electron chi connectivity index (χ3n) is 4.02. The van der Waals surface area contributed by atoms with Gasteiger partial charge < -0.3 is 19.8 Å². The fourth-order valence-electron chi connectivity index (χ4n) is 2.65. The Morgan fingerprint density at radius 3 is 2.59 bits per heavy atom. The van der Waals surface area contributed by atoms with E-state index in [-0.39, 0.29) is 30.7 Å². The third kappa shape index (κ3) is 5.90. The second-order valence-electron chi connectivity index (χ2n) is 6.36. The minimum Gasteiger partial charge on any atom is -0.484 e. The van der Waals surface area contributed by atoms with Crippen LogP contribution in [0.4, 0.5) is 0 Å². The summed E-state index contributed by atoms with van der Waals surface area (Å²) < 4.78 is 10.7. The number of nitrogens with one attached hydrogen (secondary N) is 2. The van der Waals surface area contributed by atoms with Crippen molar-refractivity contribution in [2.75, 3.05) is 6.61 Å². The first kappa shape index (κ1) is 20.1. The molecule has 0 atom stereocenters. The number of hydrogen-bond donors (Lipinski definition) is 2. The molecule has 2 amide bonds. The number of carbonyl (C=O) groups is 2. The van der Waals surface area contributed by atoms with Gasteiger partial charge in [-0.2, -0.15) is 0 Å². The Hall–Kier alpha value is -3.68. The van der Waals surface area contributed by atoms with Gasteiger partial charge in [0.15, 0.2) is 12.5 Å². The lowest BCUT2D eigenvalue weighted by Gasteiger charge is -2.08. The minimum atomic E-state index is -0.326. The number of benzene rings is 1. The van der Waals surface area contributed by atoms with Gasteiger partial charge in [-0.15, -0.1) is 0 Å². The molecule has 0 aliphatic heterocycles. The summed E-state index contributed by atoms with van der Waals surface area (Å²) in [7, 11) is 0. The van der Waals surface area contributed by atoms with E-state index in [0.29, 0.717) is 29.6 Å². The summed E-state index contributed by atoms with van der Waals surface area (Å²) in [5.74, 6) is 0.724. The van der Waals surface area contributed by atoms with Crippen LogP contribution in [0.25, 0.3) is 0 Å². The average molecular weight is 394 g/mol. The van der Waals surface area contributed by atoms with Gasteiger partial charge in [-0.25, -0.2) is 4.98 Å². The van der Waals surface area contributed by atoms with Crippen molar-refractivity contribution in [1.29, 1.82) is 0 Å². The van der Waals surface area contributed by atoms with Crippen molar-refractivity contribution in [1.82, 2.24) is 20.6 Å². The Labute approximate surface area is 168 Å². The van der Waals surface area contributed by atoms with Gasteiger partial charge in [0.05, 0.1) is 17.9 Å². The van der Waals surface area contributed by atoms with Gasteiger partial charge in [0.2, 0.25) is 5.76 Å². The fourth-order valence-corrected chi connectivity index (χ4v) is 2.65. The van der Waals surface area contributed by atoms with Crippen LogP contribution in [0.3, 0.4) is 0 Å².